The molecule has 7 heteroatoms. The molecular weight excluding hydrogens is 392 g/mol. The predicted molar refractivity (Wildman–Crippen MR) is 115 cm³/mol. The first-order valence-corrected chi connectivity index (χ1v) is 10.4. The highest BCUT2D eigenvalue weighted by Crippen LogP contribution is 2.37. The fourth-order valence-electron chi connectivity index (χ4n) is 3.90. The highest BCUT2D eigenvalue weighted by molar-refractivity contribution is 5.77. The van der Waals surface area contributed by atoms with Gasteiger partial charge in [-0.1, -0.05) is 23.4 Å². The van der Waals surface area contributed by atoms with Crippen LogP contribution >= 0.6 is 0 Å². The van der Waals surface area contributed by atoms with Crippen molar-refractivity contribution in [3.8, 4) is 34.7 Å². The Morgan fingerprint density at radius 1 is 1.35 bits per heavy atom. The molecule has 7 nitrogen and oxygen atoms in total. The summed E-state index contributed by atoms with van der Waals surface area (Å²) in [5.74, 6) is 1.52. The maximum atomic E-state index is 11.3. The lowest BCUT2D eigenvalue weighted by Gasteiger charge is -2.13. The lowest BCUT2D eigenvalue weighted by atomic mass is 10.0. The van der Waals surface area contributed by atoms with Crippen LogP contribution in [0.4, 0.5) is 0 Å². The van der Waals surface area contributed by atoms with Gasteiger partial charge in [-0.05, 0) is 62.9 Å². The molecule has 1 atom stereocenters. The van der Waals surface area contributed by atoms with Crippen LogP contribution in [-0.2, 0) is 11.2 Å². The SMILES string of the molecule is CC(=O)CN[C@@H]1CCc2c(-c3noc(-c4ccc(OC(C)C)c(C#N)c4)n3)cccc21. The van der Waals surface area contributed by atoms with E-state index in [4.69, 9.17) is 9.26 Å². The summed E-state index contributed by atoms with van der Waals surface area (Å²) in [7, 11) is 0. The predicted octanol–water partition coefficient (Wildman–Crippen LogP) is 4.23. The van der Waals surface area contributed by atoms with Crippen LogP contribution in [0.2, 0.25) is 0 Å². The van der Waals surface area contributed by atoms with Crippen LogP contribution in [0.1, 0.15) is 49.9 Å². The van der Waals surface area contributed by atoms with E-state index in [1.54, 1.807) is 19.1 Å². The summed E-state index contributed by atoms with van der Waals surface area (Å²) in [6.45, 7) is 5.77. The molecule has 1 N–H and O–H groups in total. The van der Waals surface area contributed by atoms with Crippen molar-refractivity contribution in [3.63, 3.8) is 0 Å². The van der Waals surface area contributed by atoms with E-state index in [0.717, 1.165) is 18.4 Å². The summed E-state index contributed by atoms with van der Waals surface area (Å²) in [5, 5.41) is 17.0. The van der Waals surface area contributed by atoms with E-state index in [1.165, 1.54) is 11.1 Å². The molecule has 2 aromatic carbocycles. The zero-order valence-electron chi connectivity index (χ0n) is 17.8. The minimum absolute atomic E-state index is 0.0260. The van der Waals surface area contributed by atoms with Gasteiger partial charge in [0.2, 0.25) is 5.82 Å². The number of rotatable bonds is 7. The lowest BCUT2D eigenvalue weighted by Crippen LogP contribution is -2.24. The molecule has 0 saturated carbocycles. The molecule has 1 heterocycles. The molecule has 31 heavy (non-hydrogen) atoms. The third-order valence-corrected chi connectivity index (χ3v) is 5.24. The summed E-state index contributed by atoms with van der Waals surface area (Å²) in [6.07, 6.45) is 1.78. The van der Waals surface area contributed by atoms with E-state index in [9.17, 15) is 10.1 Å². The maximum absolute atomic E-state index is 11.3. The van der Waals surface area contributed by atoms with Gasteiger partial charge in [0.1, 0.15) is 17.6 Å². The average Bonchev–Trinajstić information content (AvgIpc) is 3.39. The van der Waals surface area contributed by atoms with Gasteiger partial charge in [-0.15, -0.1) is 0 Å². The normalized spacial score (nSPS) is 15.0. The quantitative estimate of drug-likeness (QED) is 0.615. The van der Waals surface area contributed by atoms with Crippen molar-refractivity contribution in [2.24, 2.45) is 0 Å². The van der Waals surface area contributed by atoms with Gasteiger partial charge in [0.15, 0.2) is 0 Å². The number of fused-ring (bicyclic) bond motifs is 1. The first-order chi connectivity index (χ1) is 15.0. The summed E-state index contributed by atoms with van der Waals surface area (Å²) < 4.78 is 11.2. The minimum Gasteiger partial charge on any atom is -0.490 e. The van der Waals surface area contributed by atoms with Crippen molar-refractivity contribution in [3.05, 3.63) is 53.1 Å². The van der Waals surface area contributed by atoms with E-state index < -0.39 is 0 Å². The number of carbonyl (C=O) groups excluding carboxylic acids is 1. The van der Waals surface area contributed by atoms with E-state index in [0.29, 0.717) is 35.1 Å². The molecule has 0 radical (unpaired) electrons. The molecule has 0 amide bonds. The Bertz CT molecular complexity index is 1160. The van der Waals surface area contributed by atoms with E-state index in [-0.39, 0.29) is 17.9 Å². The molecule has 3 aromatic rings. The molecular formula is C24H24N4O3. The minimum atomic E-state index is -0.0260. The molecule has 1 aliphatic rings. The van der Waals surface area contributed by atoms with Gasteiger partial charge < -0.3 is 14.6 Å². The number of nitriles is 1. The highest BCUT2D eigenvalue weighted by atomic mass is 16.5. The van der Waals surface area contributed by atoms with E-state index >= 15 is 0 Å². The third-order valence-electron chi connectivity index (χ3n) is 5.24. The van der Waals surface area contributed by atoms with Crippen LogP contribution in [-0.4, -0.2) is 28.6 Å². The van der Waals surface area contributed by atoms with Gasteiger partial charge in [0.05, 0.1) is 18.2 Å². The number of benzene rings is 2. The molecule has 1 aromatic heterocycles. The van der Waals surface area contributed by atoms with Gasteiger partial charge >= 0.3 is 0 Å². The van der Waals surface area contributed by atoms with Gasteiger partial charge in [-0.3, -0.25) is 4.79 Å². The van der Waals surface area contributed by atoms with Crippen molar-refractivity contribution < 1.29 is 14.1 Å². The van der Waals surface area contributed by atoms with Gasteiger partial charge in [-0.2, -0.15) is 10.2 Å². The highest BCUT2D eigenvalue weighted by Gasteiger charge is 2.26. The molecule has 0 saturated heterocycles. The number of carbonyl (C=O) groups is 1. The maximum Gasteiger partial charge on any atom is 0.258 e. The summed E-state index contributed by atoms with van der Waals surface area (Å²) in [6, 6.07) is 13.6. The molecule has 0 spiro atoms. The number of ether oxygens (including phenoxy) is 1. The molecule has 1 aliphatic carbocycles. The first kappa shape index (κ1) is 20.8. The van der Waals surface area contributed by atoms with Crippen LogP contribution in [0.5, 0.6) is 5.75 Å². The Hall–Kier alpha value is -3.50. The second-order valence-electron chi connectivity index (χ2n) is 7.96. The summed E-state index contributed by atoms with van der Waals surface area (Å²) in [5.41, 5.74) is 4.37. The Balaban J connectivity index is 1.62. The monoisotopic (exact) mass is 416 g/mol. The number of hydrogen-bond acceptors (Lipinski definition) is 7. The standard InChI is InChI=1S/C24H24N4O3/c1-14(2)30-22-10-7-16(11-17(22)12-25)24-27-23(28-31-24)20-6-4-5-19-18(20)8-9-21(19)26-13-15(3)29/h4-7,10-11,14,21,26H,8-9,13H2,1-3H3/t21-/m1/s1. The fourth-order valence-corrected chi connectivity index (χ4v) is 3.90. The number of nitrogens with one attached hydrogen (secondary N) is 1. The van der Waals surface area contributed by atoms with Crippen molar-refractivity contribution in [2.75, 3.05) is 6.54 Å². The first-order valence-electron chi connectivity index (χ1n) is 10.4. The summed E-state index contributed by atoms with van der Waals surface area (Å²) >= 11 is 0. The molecule has 0 aliphatic heterocycles. The zero-order chi connectivity index (χ0) is 22.0. The van der Waals surface area contributed by atoms with Gasteiger partial charge in [0, 0.05) is 17.2 Å². The summed E-state index contributed by atoms with van der Waals surface area (Å²) in [4.78, 5) is 15.9. The van der Waals surface area contributed by atoms with Crippen molar-refractivity contribution in [2.45, 2.75) is 45.8 Å². The molecule has 0 unspecified atom stereocenters. The van der Waals surface area contributed by atoms with Crippen molar-refractivity contribution >= 4 is 5.78 Å². The third kappa shape index (κ3) is 4.35. The molecule has 0 fully saturated rings. The Morgan fingerprint density at radius 3 is 2.94 bits per heavy atom. The molecule has 158 valence electrons. The number of aromatic nitrogens is 2. The fraction of sp³-hybridized carbons (Fsp3) is 0.333. The number of Topliss-reactive ketones (excluding diaryl/α,β-unsaturated/α-hetero) is 1. The van der Waals surface area contributed by atoms with Gasteiger partial charge in [-0.25, -0.2) is 0 Å². The van der Waals surface area contributed by atoms with Crippen LogP contribution < -0.4 is 10.1 Å². The Morgan fingerprint density at radius 2 is 2.19 bits per heavy atom. The smallest absolute Gasteiger partial charge is 0.258 e. The zero-order valence-corrected chi connectivity index (χ0v) is 17.8. The van der Waals surface area contributed by atoms with Crippen molar-refractivity contribution in [1.29, 1.82) is 5.26 Å². The van der Waals surface area contributed by atoms with Crippen LogP contribution in [0, 0.1) is 11.3 Å². The molecule has 4 rings (SSSR count). The van der Waals surface area contributed by atoms with E-state index in [2.05, 4.69) is 27.6 Å². The Labute approximate surface area is 181 Å². The van der Waals surface area contributed by atoms with Gasteiger partial charge in [0.25, 0.3) is 5.89 Å². The molecule has 0 bridgehead atoms. The van der Waals surface area contributed by atoms with E-state index in [1.807, 2.05) is 32.0 Å². The lowest BCUT2D eigenvalue weighted by molar-refractivity contribution is -0.116. The van der Waals surface area contributed by atoms with Crippen LogP contribution in [0.25, 0.3) is 22.8 Å². The second kappa shape index (κ2) is 8.70. The van der Waals surface area contributed by atoms with Crippen LogP contribution in [0.15, 0.2) is 40.9 Å². The van der Waals surface area contributed by atoms with Crippen LogP contribution in [0.3, 0.4) is 0 Å². The topological polar surface area (TPSA) is 101 Å². The Kier molecular flexibility index (Phi) is 5.83. The number of hydrogen-bond donors (Lipinski definition) is 1. The average molecular weight is 416 g/mol. The van der Waals surface area contributed by atoms with Crippen molar-refractivity contribution in [1.82, 2.24) is 15.5 Å². The second-order valence-corrected chi connectivity index (χ2v) is 7.96. The number of nitrogens with zero attached hydrogens (tertiary/aromatic N) is 3. The largest absolute Gasteiger partial charge is 0.490 e. The number of ketones is 1.